The van der Waals surface area contributed by atoms with Gasteiger partial charge in [0.1, 0.15) is 5.82 Å². The van der Waals surface area contributed by atoms with Gasteiger partial charge in [-0.15, -0.1) is 28.9 Å². The van der Waals surface area contributed by atoms with Crippen LogP contribution < -0.4 is 0 Å². The molecule has 0 aliphatic rings. The van der Waals surface area contributed by atoms with Gasteiger partial charge in [0.15, 0.2) is 5.65 Å². The molecule has 4 nitrogen and oxygen atoms in total. The van der Waals surface area contributed by atoms with Crippen LogP contribution in [-0.2, 0) is 38.1 Å². The van der Waals surface area contributed by atoms with Gasteiger partial charge in [-0.1, -0.05) is 33.3 Å². The normalized spacial score (nSPS) is 11.6. The van der Waals surface area contributed by atoms with E-state index in [2.05, 4.69) is 42.1 Å². The predicted octanol–water partition coefficient (Wildman–Crippen LogP) is 3.64. The van der Waals surface area contributed by atoms with E-state index >= 15 is 0 Å². The Morgan fingerprint density at radius 1 is 1.13 bits per heavy atom. The summed E-state index contributed by atoms with van der Waals surface area (Å²) in [6.45, 7) is 10.2. The minimum Gasteiger partial charge on any atom is -0.265 e. The van der Waals surface area contributed by atoms with Crippen molar-refractivity contribution in [1.29, 1.82) is 0 Å². The summed E-state index contributed by atoms with van der Waals surface area (Å²) in [5.41, 5.74) is 3.70. The van der Waals surface area contributed by atoms with Crippen LogP contribution in [0.4, 0.5) is 4.39 Å². The maximum Gasteiger partial charge on any atom is 0.168 e. The topological polar surface area (TPSA) is 43.1 Å². The van der Waals surface area contributed by atoms with E-state index in [1.807, 2.05) is 19.9 Å². The molecule has 117 valence electrons. The molecule has 6 heteroatoms. The second kappa shape index (κ2) is 6.36. The molecule has 0 spiro atoms. The van der Waals surface area contributed by atoms with Crippen LogP contribution in [0.25, 0.3) is 17.0 Å². The molecule has 3 aromatic rings. The SMILES string of the molecule is Cc1[c-]c(-c2nnc3cc(C(C)(C)C)c(C)nn23)c(F)cc1.[Y]. The molecule has 1 aromatic carbocycles. The second-order valence-electron chi connectivity index (χ2n) is 6.55. The zero-order valence-electron chi connectivity index (χ0n) is 14.0. The Morgan fingerprint density at radius 2 is 1.83 bits per heavy atom. The number of fused-ring (bicyclic) bond motifs is 1. The molecule has 3 rings (SSSR count). The summed E-state index contributed by atoms with van der Waals surface area (Å²) in [6, 6.07) is 8.06. The first-order valence-corrected chi connectivity index (χ1v) is 7.20. The van der Waals surface area contributed by atoms with Crippen LogP contribution in [0.3, 0.4) is 0 Å². The van der Waals surface area contributed by atoms with Crippen molar-refractivity contribution in [1.82, 2.24) is 19.8 Å². The molecule has 0 saturated carbocycles. The van der Waals surface area contributed by atoms with Crippen molar-refractivity contribution in [3.63, 3.8) is 0 Å². The molecule has 2 heterocycles. The third-order valence-electron chi connectivity index (χ3n) is 3.65. The van der Waals surface area contributed by atoms with Gasteiger partial charge in [-0.25, -0.2) is 4.52 Å². The molecule has 0 aliphatic heterocycles. The second-order valence-corrected chi connectivity index (χ2v) is 6.55. The molecule has 0 unspecified atom stereocenters. The zero-order chi connectivity index (χ0) is 16.1. The Hall–Kier alpha value is -1.20. The molecule has 2 aromatic heterocycles. The van der Waals surface area contributed by atoms with Crippen LogP contribution in [-0.4, -0.2) is 19.8 Å². The van der Waals surface area contributed by atoms with E-state index in [-0.39, 0.29) is 43.9 Å². The molecule has 0 amide bonds. The van der Waals surface area contributed by atoms with Crippen molar-refractivity contribution in [3.8, 4) is 11.4 Å². The number of halogens is 1. The van der Waals surface area contributed by atoms with Gasteiger partial charge in [-0.05, 0) is 24.0 Å². The average molecular weight is 386 g/mol. The van der Waals surface area contributed by atoms with E-state index in [1.54, 1.807) is 10.6 Å². The van der Waals surface area contributed by atoms with Crippen molar-refractivity contribution < 1.29 is 37.1 Å². The number of nitrogens with zero attached hydrogens (tertiary/aromatic N) is 4. The fourth-order valence-electron chi connectivity index (χ4n) is 2.58. The van der Waals surface area contributed by atoms with E-state index in [9.17, 15) is 4.39 Å². The van der Waals surface area contributed by atoms with Gasteiger partial charge in [0.05, 0.1) is 5.69 Å². The van der Waals surface area contributed by atoms with Crippen LogP contribution in [0.15, 0.2) is 18.2 Å². The van der Waals surface area contributed by atoms with Crippen LogP contribution >= 0.6 is 0 Å². The summed E-state index contributed by atoms with van der Waals surface area (Å²) in [7, 11) is 0. The molecule has 0 N–H and O–H groups in total. The monoisotopic (exact) mass is 386 g/mol. The molecule has 0 fully saturated rings. The van der Waals surface area contributed by atoms with Gasteiger partial charge < -0.3 is 0 Å². The van der Waals surface area contributed by atoms with Gasteiger partial charge in [0.2, 0.25) is 0 Å². The summed E-state index contributed by atoms with van der Waals surface area (Å²) in [5, 5.41) is 12.8. The fourth-order valence-corrected chi connectivity index (χ4v) is 2.58. The molecule has 0 aliphatic carbocycles. The van der Waals surface area contributed by atoms with Gasteiger partial charge in [-0.3, -0.25) is 4.39 Å². The van der Waals surface area contributed by atoms with E-state index in [0.717, 1.165) is 16.8 Å². The standard InChI is InChI=1S/C17H18FN4.Y/c1-10-6-7-14(18)12(8-10)16-20-19-15-9-13(17(3,4)5)11(2)21-22(15)16;/h6-7,9H,1-5H3;/q-1;. The fraction of sp³-hybridized carbons (Fsp3) is 0.353. The van der Waals surface area contributed by atoms with Crippen LogP contribution in [0.2, 0.25) is 0 Å². The summed E-state index contributed by atoms with van der Waals surface area (Å²) >= 11 is 0. The maximum atomic E-state index is 14.1. The summed E-state index contributed by atoms with van der Waals surface area (Å²) in [4.78, 5) is 0. The number of benzene rings is 1. The van der Waals surface area contributed by atoms with Crippen molar-refractivity contribution in [2.45, 2.75) is 40.0 Å². The van der Waals surface area contributed by atoms with Crippen molar-refractivity contribution in [2.24, 2.45) is 0 Å². The summed E-state index contributed by atoms with van der Waals surface area (Å²) in [6.07, 6.45) is 0. The van der Waals surface area contributed by atoms with Crippen LogP contribution in [0.5, 0.6) is 0 Å². The largest absolute Gasteiger partial charge is 0.265 e. The van der Waals surface area contributed by atoms with Gasteiger partial charge in [0.25, 0.3) is 0 Å². The third kappa shape index (κ3) is 3.36. The molecule has 0 saturated heterocycles. The first kappa shape index (κ1) is 18.1. The number of hydrogen-bond acceptors (Lipinski definition) is 3. The quantitative estimate of drug-likeness (QED) is 0.600. The first-order chi connectivity index (χ1) is 10.3. The first-order valence-electron chi connectivity index (χ1n) is 7.20. The number of hydrogen-bond donors (Lipinski definition) is 0. The average Bonchev–Trinajstić information content (AvgIpc) is 2.82. The Morgan fingerprint density at radius 3 is 2.48 bits per heavy atom. The Balaban J connectivity index is 0.00000192. The Kier molecular flexibility index (Phi) is 5.02. The summed E-state index contributed by atoms with van der Waals surface area (Å²) in [5.74, 6) is -0.000917. The van der Waals surface area contributed by atoms with E-state index in [1.165, 1.54) is 6.07 Å². The van der Waals surface area contributed by atoms with Gasteiger partial charge in [0, 0.05) is 38.5 Å². The molecule has 0 atom stereocenters. The molecule has 23 heavy (non-hydrogen) atoms. The maximum absolute atomic E-state index is 14.1. The van der Waals surface area contributed by atoms with E-state index in [4.69, 9.17) is 0 Å². The summed E-state index contributed by atoms with van der Waals surface area (Å²) < 4.78 is 15.7. The van der Waals surface area contributed by atoms with Crippen LogP contribution in [0.1, 0.15) is 37.6 Å². The predicted molar refractivity (Wildman–Crippen MR) is 83.2 cm³/mol. The number of rotatable bonds is 1. The van der Waals surface area contributed by atoms with Gasteiger partial charge in [-0.2, -0.15) is 10.2 Å². The zero-order valence-corrected chi connectivity index (χ0v) is 16.8. The van der Waals surface area contributed by atoms with Crippen LogP contribution in [0, 0.1) is 25.7 Å². The number of aryl methyl sites for hydroxylation is 2. The molecular formula is C17H18FN4Y-. The molecular weight excluding hydrogens is 368 g/mol. The molecule has 1 radical (unpaired) electrons. The minimum atomic E-state index is -0.376. The van der Waals surface area contributed by atoms with Crippen molar-refractivity contribution >= 4 is 5.65 Å². The Labute approximate surface area is 160 Å². The van der Waals surface area contributed by atoms with E-state index < -0.39 is 0 Å². The minimum absolute atomic E-state index is 0. The molecule has 0 bridgehead atoms. The third-order valence-corrected chi connectivity index (χ3v) is 3.65. The van der Waals surface area contributed by atoms with Crippen molar-refractivity contribution in [2.75, 3.05) is 0 Å². The van der Waals surface area contributed by atoms with E-state index in [0.29, 0.717) is 17.0 Å². The van der Waals surface area contributed by atoms with Gasteiger partial charge >= 0.3 is 0 Å². The number of aromatic nitrogens is 4. The smallest absolute Gasteiger partial charge is 0.168 e. The Bertz CT molecular complexity index is 865. The van der Waals surface area contributed by atoms with Crippen molar-refractivity contribution in [3.05, 3.63) is 46.9 Å².